The number of nitrogens with one attached hydrogen (secondary N) is 1. The van der Waals surface area contributed by atoms with Crippen LogP contribution in [0.1, 0.15) is 33.6 Å². The minimum absolute atomic E-state index is 0.00498. The van der Waals surface area contributed by atoms with E-state index in [0.717, 1.165) is 6.42 Å². The fourth-order valence-corrected chi connectivity index (χ4v) is 2.41. The Labute approximate surface area is 141 Å². The highest BCUT2D eigenvalue weighted by Gasteiger charge is 2.17. The van der Waals surface area contributed by atoms with Gasteiger partial charge in [0.15, 0.2) is 0 Å². The topological polar surface area (TPSA) is 49.4 Å². The number of benzene rings is 1. The summed E-state index contributed by atoms with van der Waals surface area (Å²) >= 11 is 12.0. The van der Waals surface area contributed by atoms with Crippen molar-refractivity contribution in [3.63, 3.8) is 0 Å². The number of hydrogen-bond acceptors (Lipinski definition) is 2. The Bertz CT molecular complexity index is 513. The van der Waals surface area contributed by atoms with Gasteiger partial charge in [0.25, 0.3) is 0 Å². The summed E-state index contributed by atoms with van der Waals surface area (Å²) in [6.07, 6.45) is 1.26. The van der Waals surface area contributed by atoms with Crippen molar-refractivity contribution in [1.82, 2.24) is 4.90 Å². The number of carbonyl (C=O) groups is 2. The first kappa shape index (κ1) is 18.8. The summed E-state index contributed by atoms with van der Waals surface area (Å²) in [4.78, 5) is 25.7. The van der Waals surface area contributed by atoms with E-state index < -0.39 is 0 Å². The van der Waals surface area contributed by atoms with Gasteiger partial charge >= 0.3 is 0 Å². The van der Waals surface area contributed by atoms with Gasteiger partial charge in [0.1, 0.15) is 0 Å². The lowest BCUT2D eigenvalue weighted by atomic mass is 10.1. The third-order valence-electron chi connectivity index (χ3n) is 3.23. The fraction of sp³-hybridized carbons (Fsp3) is 0.500. The van der Waals surface area contributed by atoms with Crippen molar-refractivity contribution >= 4 is 40.7 Å². The third-order valence-corrected chi connectivity index (χ3v) is 3.86. The lowest BCUT2D eigenvalue weighted by Crippen LogP contribution is -2.37. The number of nitrogens with zero attached hydrogens (tertiary/aromatic N) is 1. The van der Waals surface area contributed by atoms with Crippen LogP contribution in [0, 0.1) is 5.92 Å². The molecule has 122 valence electrons. The van der Waals surface area contributed by atoms with Gasteiger partial charge in [-0.1, -0.05) is 43.1 Å². The molecule has 0 unspecified atom stereocenters. The minimum atomic E-state index is -0.310. The quantitative estimate of drug-likeness (QED) is 0.804. The van der Waals surface area contributed by atoms with Crippen LogP contribution < -0.4 is 5.32 Å². The van der Waals surface area contributed by atoms with E-state index in [9.17, 15) is 9.59 Å². The molecular weight excluding hydrogens is 323 g/mol. The maximum Gasteiger partial charge on any atom is 0.244 e. The van der Waals surface area contributed by atoms with Crippen LogP contribution in [0.5, 0.6) is 0 Å². The van der Waals surface area contributed by atoms with Crippen molar-refractivity contribution in [3.05, 3.63) is 28.2 Å². The highest BCUT2D eigenvalue weighted by molar-refractivity contribution is 6.39. The van der Waals surface area contributed by atoms with Crippen LogP contribution in [0.3, 0.4) is 0 Å². The van der Waals surface area contributed by atoms with Crippen molar-refractivity contribution < 1.29 is 9.59 Å². The molecule has 0 aliphatic rings. The molecule has 2 amide bonds. The Morgan fingerprint density at radius 2 is 1.82 bits per heavy atom. The number of likely N-dealkylation sites (N-methyl/N-ethyl adjacent to an activating group) is 1. The molecule has 4 nitrogen and oxygen atoms in total. The molecule has 1 aromatic rings. The third kappa shape index (κ3) is 5.85. The number of carbonyl (C=O) groups excluding carboxylic acids is 2. The van der Waals surface area contributed by atoms with Crippen LogP contribution in [0.25, 0.3) is 0 Å². The molecule has 0 spiro atoms. The SMILES string of the molecule is CCN(CC(=O)Nc1c(Cl)cccc1Cl)C(=O)CCC(C)C. The number of anilines is 1. The van der Waals surface area contributed by atoms with Gasteiger partial charge in [-0.3, -0.25) is 9.59 Å². The predicted octanol–water partition coefficient (Wildman–Crippen LogP) is 4.22. The Kier molecular flexibility index (Phi) is 7.69. The van der Waals surface area contributed by atoms with Gasteiger partial charge in [0.2, 0.25) is 11.8 Å². The first-order valence-electron chi connectivity index (χ1n) is 7.36. The molecular formula is C16H22Cl2N2O2. The van der Waals surface area contributed by atoms with Crippen LogP contribution in [0.2, 0.25) is 10.0 Å². The summed E-state index contributed by atoms with van der Waals surface area (Å²) in [6.45, 7) is 6.46. The van der Waals surface area contributed by atoms with Gasteiger partial charge in [-0.15, -0.1) is 0 Å². The maximum absolute atomic E-state index is 12.1. The summed E-state index contributed by atoms with van der Waals surface area (Å²) in [5.74, 6) is 0.129. The monoisotopic (exact) mass is 344 g/mol. The molecule has 1 rings (SSSR count). The minimum Gasteiger partial charge on any atom is -0.334 e. The second-order valence-corrected chi connectivity index (χ2v) is 6.30. The smallest absolute Gasteiger partial charge is 0.244 e. The van der Waals surface area contributed by atoms with Gasteiger partial charge in [-0.05, 0) is 31.4 Å². The molecule has 0 aliphatic carbocycles. The van der Waals surface area contributed by atoms with Crippen LogP contribution in [0.15, 0.2) is 18.2 Å². The number of rotatable bonds is 7. The van der Waals surface area contributed by atoms with E-state index in [4.69, 9.17) is 23.2 Å². The second kappa shape index (κ2) is 9.01. The first-order valence-corrected chi connectivity index (χ1v) is 8.12. The first-order chi connectivity index (χ1) is 10.3. The molecule has 1 aromatic carbocycles. The standard InChI is InChI=1S/C16H22Cl2N2O2/c1-4-20(15(22)9-8-11(2)3)10-14(21)19-16-12(17)6-5-7-13(16)18/h5-7,11H,4,8-10H2,1-3H3,(H,19,21). The van der Waals surface area contributed by atoms with Gasteiger partial charge in [-0.25, -0.2) is 0 Å². The zero-order valence-electron chi connectivity index (χ0n) is 13.2. The number of halogens is 2. The summed E-state index contributed by atoms with van der Waals surface area (Å²) in [5.41, 5.74) is 0.376. The van der Waals surface area contributed by atoms with Gasteiger partial charge < -0.3 is 10.2 Å². The molecule has 0 heterocycles. The second-order valence-electron chi connectivity index (χ2n) is 5.49. The molecule has 0 aromatic heterocycles. The van der Waals surface area contributed by atoms with E-state index in [2.05, 4.69) is 19.2 Å². The van der Waals surface area contributed by atoms with Crippen molar-refractivity contribution in [1.29, 1.82) is 0 Å². The lowest BCUT2D eigenvalue weighted by molar-refractivity contribution is -0.134. The predicted molar refractivity (Wildman–Crippen MR) is 91.4 cm³/mol. The van der Waals surface area contributed by atoms with Crippen LogP contribution in [-0.2, 0) is 9.59 Å². The Morgan fingerprint density at radius 1 is 1.23 bits per heavy atom. The summed E-state index contributed by atoms with van der Waals surface area (Å²) < 4.78 is 0. The van der Waals surface area contributed by atoms with Gasteiger partial charge in [-0.2, -0.15) is 0 Å². The average molecular weight is 345 g/mol. The molecule has 0 saturated heterocycles. The number of hydrogen-bond donors (Lipinski definition) is 1. The molecule has 0 fully saturated rings. The van der Waals surface area contributed by atoms with E-state index in [0.29, 0.717) is 34.6 Å². The fourth-order valence-electron chi connectivity index (χ4n) is 1.92. The summed E-state index contributed by atoms with van der Waals surface area (Å²) in [5, 5.41) is 3.41. The van der Waals surface area contributed by atoms with Gasteiger partial charge in [0, 0.05) is 13.0 Å². The highest BCUT2D eigenvalue weighted by Crippen LogP contribution is 2.29. The molecule has 6 heteroatoms. The zero-order chi connectivity index (χ0) is 16.7. The molecule has 0 bridgehead atoms. The molecule has 0 atom stereocenters. The van der Waals surface area contributed by atoms with Gasteiger partial charge in [0.05, 0.1) is 22.3 Å². The van der Waals surface area contributed by atoms with Crippen molar-refractivity contribution in [2.24, 2.45) is 5.92 Å². The highest BCUT2D eigenvalue weighted by atomic mass is 35.5. The average Bonchev–Trinajstić information content (AvgIpc) is 2.46. The van der Waals surface area contributed by atoms with Crippen molar-refractivity contribution in [3.8, 4) is 0 Å². The van der Waals surface area contributed by atoms with E-state index in [1.807, 2.05) is 6.92 Å². The van der Waals surface area contributed by atoms with Crippen molar-refractivity contribution in [2.75, 3.05) is 18.4 Å². The van der Waals surface area contributed by atoms with E-state index in [1.165, 1.54) is 4.90 Å². The largest absolute Gasteiger partial charge is 0.334 e. The Morgan fingerprint density at radius 3 is 2.32 bits per heavy atom. The molecule has 22 heavy (non-hydrogen) atoms. The molecule has 1 N–H and O–H groups in total. The Balaban J connectivity index is 2.64. The van der Waals surface area contributed by atoms with Crippen LogP contribution >= 0.6 is 23.2 Å². The Hall–Kier alpha value is -1.26. The van der Waals surface area contributed by atoms with Crippen LogP contribution in [0.4, 0.5) is 5.69 Å². The molecule has 0 saturated carbocycles. The summed E-state index contributed by atoms with van der Waals surface area (Å²) in [7, 11) is 0. The lowest BCUT2D eigenvalue weighted by Gasteiger charge is -2.21. The van der Waals surface area contributed by atoms with Crippen molar-refractivity contribution in [2.45, 2.75) is 33.6 Å². The van der Waals surface area contributed by atoms with E-state index >= 15 is 0 Å². The van der Waals surface area contributed by atoms with Crippen LogP contribution in [-0.4, -0.2) is 29.8 Å². The molecule has 0 radical (unpaired) electrons. The number of para-hydroxylation sites is 1. The zero-order valence-corrected chi connectivity index (χ0v) is 14.7. The van der Waals surface area contributed by atoms with E-state index in [-0.39, 0.29) is 18.4 Å². The summed E-state index contributed by atoms with van der Waals surface area (Å²) in [6, 6.07) is 5.00. The van der Waals surface area contributed by atoms with E-state index in [1.54, 1.807) is 18.2 Å². The number of amides is 2. The normalized spacial score (nSPS) is 10.6. The molecule has 0 aliphatic heterocycles. The maximum atomic E-state index is 12.1.